The van der Waals surface area contributed by atoms with Crippen molar-refractivity contribution >= 4 is 21.8 Å². The molecule has 2 aliphatic heterocycles. The average molecular weight is 427 g/mol. The molecule has 2 aliphatic rings. The third-order valence-electron chi connectivity index (χ3n) is 5.21. The second-order valence-corrected chi connectivity index (χ2v) is 8.24. The molecule has 1 atom stereocenters. The molecule has 0 saturated heterocycles. The zero-order valence-electron chi connectivity index (χ0n) is 15.0. The standard InChI is InChI=1S/C20H13NO8S/c21-17-13(23)8-15-16(18(17)30(25,26)27)20(12-6-5-9(22)7-14(12)28-15)11-4-2-1-3-10(11)19(24)29-20/h1-8,22-23H,21H2,(H,25,26,27). The molecular weight excluding hydrogens is 414 g/mol. The number of phenolic OH excluding ortho intramolecular Hbond substituents is 2. The number of hydrogen-bond acceptors (Lipinski definition) is 8. The fraction of sp³-hybridized carbons (Fsp3) is 0.0500. The minimum absolute atomic E-state index is 0.0671. The second kappa shape index (κ2) is 5.65. The summed E-state index contributed by atoms with van der Waals surface area (Å²) in [6.07, 6.45) is 0. The Hall–Kier alpha value is -3.76. The summed E-state index contributed by atoms with van der Waals surface area (Å²) < 4.78 is 46.1. The molecule has 9 nitrogen and oxygen atoms in total. The summed E-state index contributed by atoms with van der Waals surface area (Å²) in [6, 6.07) is 11.4. The zero-order valence-corrected chi connectivity index (χ0v) is 15.8. The second-order valence-electron chi connectivity index (χ2n) is 6.89. The lowest BCUT2D eigenvalue weighted by atomic mass is 9.77. The Kier molecular flexibility index (Phi) is 3.44. The summed E-state index contributed by atoms with van der Waals surface area (Å²) in [5.74, 6) is -1.68. The van der Waals surface area contributed by atoms with Crippen LogP contribution in [0.2, 0.25) is 0 Å². The van der Waals surface area contributed by atoms with Gasteiger partial charge in [0, 0.05) is 23.3 Å². The number of benzene rings is 3. The van der Waals surface area contributed by atoms with E-state index >= 15 is 0 Å². The van der Waals surface area contributed by atoms with E-state index in [0.29, 0.717) is 5.56 Å². The van der Waals surface area contributed by atoms with E-state index in [9.17, 15) is 28.0 Å². The van der Waals surface area contributed by atoms with E-state index in [4.69, 9.17) is 15.2 Å². The predicted molar refractivity (Wildman–Crippen MR) is 102 cm³/mol. The monoisotopic (exact) mass is 427 g/mol. The molecule has 152 valence electrons. The number of hydrogen-bond donors (Lipinski definition) is 4. The molecule has 0 aromatic heterocycles. The molecule has 2 heterocycles. The molecule has 0 aliphatic carbocycles. The predicted octanol–water partition coefficient (Wildman–Crippen LogP) is 2.49. The fourth-order valence-corrected chi connectivity index (χ4v) is 4.95. The molecule has 0 amide bonds. The first-order chi connectivity index (χ1) is 14.1. The lowest BCUT2D eigenvalue weighted by Gasteiger charge is -2.37. The van der Waals surface area contributed by atoms with Gasteiger partial charge in [-0.2, -0.15) is 8.42 Å². The van der Waals surface area contributed by atoms with Crippen LogP contribution in [-0.4, -0.2) is 29.2 Å². The summed E-state index contributed by atoms with van der Waals surface area (Å²) in [6.45, 7) is 0. The lowest BCUT2D eigenvalue weighted by molar-refractivity contribution is 0.0214. The van der Waals surface area contributed by atoms with Gasteiger partial charge in [0.15, 0.2) is 5.60 Å². The maximum absolute atomic E-state index is 12.7. The Morgan fingerprint density at radius 3 is 2.43 bits per heavy atom. The smallest absolute Gasteiger partial charge is 0.340 e. The van der Waals surface area contributed by atoms with E-state index < -0.39 is 38.0 Å². The van der Waals surface area contributed by atoms with E-state index in [-0.39, 0.29) is 33.9 Å². The highest BCUT2D eigenvalue weighted by Gasteiger charge is 2.56. The summed E-state index contributed by atoms with van der Waals surface area (Å²) in [7, 11) is -5.00. The Morgan fingerprint density at radius 2 is 1.70 bits per heavy atom. The zero-order chi connectivity index (χ0) is 21.4. The number of phenols is 2. The lowest BCUT2D eigenvalue weighted by Crippen LogP contribution is -2.35. The minimum atomic E-state index is -5.00. The molecular formula is C20H13NO8S. The van der Waals surface area contributed by atoms with Gasteiger partial charge in [0.2, 0.25) is 0 Å². The van der Waals surface area contributed by atoms with Crippen molar-refractivity contribution in [2.75, 3.05) is 5.73 Å². The van der Waals surface area contributed by atoms with Crippen LogP contribution in [-0.2, 0) is 20.5 Å². The number of aromatic hydroxyl groups is 2. The van der Waals surface area contributed by atoms with Gasteiger partial charge < -0.3 is 25.4 Å². The van der Waals surface area contributed by atoms with Gasteiger partial charge in [-0.25, -0.2) is 4.79 Å². The first-order valence-electron chi connectivity index (χ1n) is 8.62. The Labute approximate surface area is 169 Å². The normalized spacial score (nSPS) is 18.9. The fourth-order valence-electron chi connectivity index (χ4n) is 4.06. The summed E-state index contributed by atoms with van der Waals surface area (Å²) >= 11 is 0. The van der Waals surface area contributed by atoms with Crippen LogP contribution < -0.4 is 10.5 Å². The highest BCUT2D eigenvalue weighted by Crippen LogP contribution is 2.59. The molecule has 10 heteroatoms. The van der Waals surface area contributed by atoms with Crippen LogP contribution in [0.25, 0.3) is 0 Å². The van der Waals surface area contributed by atoms with Crippen LogP contribution in [0.5, 0.6) is 23.0 Å². The molecule has 1 unspecified atom stereocenters. The van der Waals surface area contributed by atoms with E-state index in [0.717, 1.165) is 6.07 Å². The molecule has 5 N–H and O–H groups in total. The number of fused-ring (bicyclic) bond motifs is 6. The number of ether oxygens (including phenoxy) is 2. The third-order valence-corrected chi connectivity index (χ3v) is 6.15. The van der Waals surface area contributed by atoms with Crippen molar-refractivity contribution in [2.45, 2.75) is 10.5 Å². The number of esters is 1. The minimum Gasteiger partial charge on any atom is -0.508 e. The van der Waals surface area contributed by atoms with Gasteiger partial charge in [0.1, 0.15) is 27.9 Å². The first-order valence-corrected chi connectivity index (χ1v) is 10.1. The van der Waals surface area contributed by atoms with Crippen molar-refractivity contribution in [3.8, 4) is 23.0 Å². The van der Waals surface area contributed by atoms with Gasteiger partial charge in [-0.05, 0) is 18.2 Å². The van der Waals surface area contributed by atoms with Gasteiger partial charge in [-0.15, -0.1) is 0 Å². The Morgan fingerprint density at radius 1 is 0.967 bits per heavy atom. The van der Waals surface area contributed by atoms with Crippen molar-refractivity contribution in [1.29, 1.82) is 0 Å². The molecule has 3 aromatic carbocycles. The Balaban J connectivity index is 2.02. The van der Waals surface area contributed by atoms with Crippen LogP contribution in [0.15, 0.2) is 53.4 Å². The maximum atomic E-state index is 12.7. The number of rotatable bonds is 1. The molecule has 0 bridgehead atoms. The van der Waals surface area contributed by atoms with Crippen molar-refractivity contribution in [3.05, 3.63) is 70.8 Å². The number of nitrogen functional groups attached to an aromatic ring is 1. The highest BCUT2D eigenvalue weighted by molar-refractivity contribution is 7.86. The van der Waals surface area contributed by atoms with Gasteiger partial charge in [-0.1, -0.05) is 18.2 Å². The molecule has 0 saturated carbocycles. The van der Waals surface area contributed by atoms with Crippen molar-refractivity contribution in [3.63, 3.8) is 0 Å². The molecule has 1 spiro atoms. The van der Waals surface area contributed by atoms with Gasteiger partial charge >= 0.3 is 5.97 Å². The highest BCUT2D eigenvalue weighted by atomic mass is 32.2. The number of carbonyl (C=O) groups is 1. The molecule has 0 fully saturated rings. The van der Waals surface area contributed by atoms with Crippen molar-refractivity contribution in [2.24, 2.45) is 0 Å². The van der Waals surface area contributed by atoms with Gasteiger partial charge in [-0.3, -0.25) is 4.55 Å². The van der Waals surface area contributed by atoms with Crippen LogP contribution in [0.4, 0.5) is 5.69 Å². The van der Waals surface area contributed by atoms with E-state index in [1.807, 2.05) is 0 Å². The number of nitrogens with two attached hydrogens (primary N) is 1. The van der Waals surface area contributed by atoms with Gasteiger partial charge in [0.05, 0.1) is 16.8 Å². The average Bonchev–Trinajstić information content (AvgIpc) is 2.96. The summed E-state index contributed by atoms with van der Waals surface area (Å²) in [5.41, 5.74) is 3.77. The van der Waals surface area contributed by atoms with Crippen molar-refractivity contribution in [1.82, 2.24) is 0 Å². The molecule has 3 aromatic rings. The molecule has 0 radical (unpaired) electrons. The van der Waals surface area contributed by atoms with Gasteiger partial charge in [0.25, 0.3) is 10.1 Å². The first kappa shape index (κ1) is 18.3. The summed E-state index contributed by atoms with van der Waals surface area (Å²) in [4.78, 5) is 11.9. The number of anilines is 1. The largest absolute Gasteiger partial charge is 0.508 e. The van der Waals surface area contributed by atoms with Crippen LogP contribution >= 0.6 is 0 Å². The van der Waals surface area contributed by atoms with E-state index in [2.05, 4.69) is 0 Å². The topological polar surface area (TPSA) is 156 Å². The SMILES string of the molecule is Nc1c(O)cc2c(c1S(=O)(=O)O)C1(OC(=O)c3ccccc31)c1ccc(O)cc1O2. The van der Waals surface area contributed by atoms with Crippen LogP contribution in [0, 0.1) is 0 Å². The molecule has 5 rings (SSSR count). The van der Waals surface area contributed by atoms with Crippen molar-refractivity contribution < 1.29 is 37.5 Å². The van der Waals surface area contributed by atoms with Crippen LogP contribution in [0.1, 0.15) is 27.0 Å². The van der Waals surface area contributed by atoms with E-state index in [1.165, 1.54) is 24.3 Å². The number of carbonyl (C=O) groups excluding carboxylic acids is 1. The van der Waals surface area contributed by atoms with E-state index in [1.54, 1.807) is 18.2 Å². The quantitative estimate of drug-likeness (QED) is 0.198. The Bertz CT molecular complexity index is 1380. The van der Waals surface area contributed by atoms with Crippen LogP contribution in [0.3, 0.4) is 0 Å². The summed E-state index contributed by atoms with van der Waals surface area (Å²) in [5, 5.41) is 20.1. The molecule has 30 heavy (non-hydrogen) atoms. The maximum Gasteiger partial charge on any atom is 0.340 e. The third kappa shape index (κ3) is 2.19.